The number of oxime groups is 1. The second-order valence-electron chi connectivity index (χ2n) is 15.7. The lowest BCUT2D eigenvalue weighted by Crippen LogP contribution is -2.65. The zero-order valence-electron chi connectivity index (χ0n) is 25.7. The molecule has 7 atom stereocenters. The van der Waals surface area contributed by atoms with Crippen molar-refractivity contribution in [3.8, 4) is 6.07 Å². The van der Waals surface area contributed by atoms with E-state index in [0.29, 0.717) is 12.8 Å². The van der Waals surface area contributed by atoms with Crippen LogP contribution in [0.4, 0.5) is 0 Å². The molecular formula is C33H50N2O4. The van der Waals surface area contributed by atoms with Crippen LogP contribution in [0.1, 0.15) is 113 Å². The van der Waals surface area contributed by atoms with E-state index in [-0.39, 0.29) is 56.7 Å². The molecule has 3 saturated carbocycles. The summed E-state index contributed by atoms with van der Waals surface area (Å²) < 4.78 is 5.34. The van der Waals surface area contributed by atoms with Gasteiger partial charge in [-0.2, -0.15) is 5.26 Å². The second-order valence-corrected chi connectivity index (χ2v) is 15.7. The first-order valence-corrected chi connectivity index (χ1v) is 14.9. The van der Waals surface area contributed by atoms with Crippen molar-refractivity contribution in [1.29, 1.82) is 5.26 Å². The number of hydrogen-bond donors (Lipinski definition) is 1. The van der Waals surface area contributed by atoms with Gasteiger partial charge in [0.05, 0.1) is 23.8 Å². The first kappa shape index (κ1) is 29.8. The molecule has 0 amide bonds. The lowest BCUT2D eigenvalue weighted by Gasteiger charge is -2.69. The van der Waals surface area contributed by atoms with Gasteiger partial charge in [-0.1, -0.05) is 59.7 Å². The summed E-state index contributed by atoms with van der Waals surface area (Å²) in [5.74, 6) is 0.110. The highest BCUT2D eigenvalue weighted by Crippen LogP contribution is 2.72. The van der Waals surface area contributed by atoms with Crippen LogP contribution < -0.4 is 0 Å². The average Bonchev–Trinajstić information content (AvgIpc) is 2.88. The summed E-state index contributed by atoms with van der Waals surface area (Å²) in [4.78, 5) is 26.5. The number of allylic oxidation sites excluding steroid dienone is 2. The van der Waals surface area contributed by atoms with Crippen LogP contribution in [0.3, 0.4) is 0 Å². The predicted molar refractivity (Wildman–Crippen MR) is 152 cm³/mol. The third kappa shape index (κ3) is 4.29. The molecule has 0 aromatic carbocycles. The van der Waals surface area contributed by atoms with Crippen molar-refractivity contribution in [2.45, 2.75) is 113 Å². The van der Waals surface area contributed by atoms with Crippen molar-refractivity contribution >= 4 is 17.5 Å². The van der Waals surface area contributed by atoms with E-state index in [1.807, 2.05) is 19.9 Å². The maximum Gasteiger partial charge on any atom is 0.311 e. The van der Waals surface area contributed by atoms with Crippen molar-refractivity contribution in [2.75, 3.05) is 7.11 Å². The molecule has 4 aliphatic rings. The Morgan fingerprint density at radius 2 is 1.59 bits per heavy atom. The molecular weight excluding hydrogens is 488 g/mol. The number of nitriles is 1. The molecule has 4 rings (SSSR count). The monoisotopic (exact) mass is 538 g/mol. The Morgan fingerprint density at radius 1 is 0.949 bits per heavy atom. The number of nitrogens with zero attached hydrogens (tertiary/aromatic N) is 2. The summed E-state index contributed by atoms with van der Waals surface area (Å²) in [5.41, 5.74) is -0.805. The molecule has 0 saturated heterocycles. The van der Waals surface area contributed by atoms with Crippen molar-refractivity contribution in [3.63, 3.8) is 0 Å². The van der Waals surface area contributed by atoms with Gasteiger partial charge in [0.1, 0.15) is 6.07 Å². The summed E-state index contributed by atoms with van der Waals surface area (Å²) in [6.07, 6.45) is 9.73. The van der Waals surface area contributed by atoms with Crippen molar-refractivity contribution in [2.24, 2.45) is 55.4 Å². The summed E-state index contributed by atoms with van der Waals surface area (Å²) in [7, 11) is 1.49. The summed E-state index contributed by atoms with van der Waals surface area (Å²) in [6, 6.07) is 2.22. The van der Waals surface area contributed by atoms with Crippen molar-refractivity contribution < 1.29 is 19.5 Å². The Labute approximate surface area is 235 Å². The summed E-state index contributed by atoms with van der Waals surface area (Å²) in [6.45, 7) is 17.7. The van der Waals surface area contributed by atoms with Crippen molar-refractivity contribution in [1.82, 2.24) is 0 Å². The zero-order chi connectivity index (χ0) is 29.2. The van der Waals surface area contributed by atoms with Crippen LogP contribution in [0.2, 0.25) is 0 Å². The van der Waals surface area contributed by atoms with E-state index in [1.54, 1.807) is 0 Å². The van der Waals surface area contributed by atoms with E-state index in [2.05, 4.69) is 52.8 Å². The van der Waals surface area contributed by atoms with E-state index in [4.69, 9.17) is 4.74 Å². The Bertz CT molecular complexity index is 1140. The molecule has 0 radical (unpaired) electrons. The summed E-state index contributed by atoms with van der Waals surface area (Å²) >= 11 is 0. The van der Waals surface area contributed by atoms with Gasteiger partial charge < -0.3 is 9.94 Å². The largest absolute Gasteiger partial charge is 0.469 e. The number of ketones is 1. The lowest BCUT2D eigenvalue weighted by molar-refractivity contribution is -0.170. The number of Topliss-reactive ketones (excluding diaryl/α,β-unsaturated/α-hetero) is 1. The molecule has 0 heterocycles. The van der Waals surface area contributed by atoms with Gasteiger partial charge in [0.15, 0.2) is 5.78 Å². The molecule has 39 heavy (non-hydrogen) atoms. The average molecular weight is 539 g/mol. The number of carbonyl (C=O) groups excluding carboxylic acids is 2. The highest BCUT2D eigenvalue weighted by molar-refractivity contribution is 6.04. The number of ether oxygens (including phenoxy) is 1. The minimum atomic E-state index is -0.631. The molecule has 216 valence electrons. The van der Waals surface area contributed by atoms with Gasteiger partial charge >= 0.3 is 5.97 Å². The summed E-state index contributed by atoms with van der Waals surface area (Å²) in [5, 5.41) is 24.4. The molecule has 0 aliphatic heterocycles. The third-order valence-electron chi connectivity index (χ3n) is 12.9. The predicted octanol–water partition coefficient (Wildman–Crippen LogP) is 7.50. The van der Waals surface area contributed by atoms with E-state index >= 15 is 0 Å². The molecule has 4 aliphatic carbocycles. The molecule has 6 nitrogen and oxygen atoms in total. The number of rotatable bonds is 1. The van der Waals surface area contributed by atoms with Crippen LogP contribution in [0.25, 0.3) is 0 Å². The highest BCUT2D eigenvalue weighted by atomic mass is 16.5. The number of hydrogen-bond acceptors (Lipinski definition) is 6. The zero-order valence-corrected chi connectivity index (χ0v) is 25.7. The Hall–Kier alpha value is -2.16. The SMILES string of the molecule is COC(=O)[C@@]1(C)CCC(C)(C)CCC2C(=NO)C[C@@H]3[C@@]4(C)C=C(C#N)C(=O)C(C)(C)[C@@H]4CC[C@@]3(C)[C@]2(C)CC1. The van der Waals surface area contributed by atoms with Crippen LogP contribution in [0, 0.1) is 61.6 Å². The van der Waals surface area contributed by atoms with E-state index < -0.39 is 10.8 Å². The second kappa shape index (κ2) is 9.45. The third-order valence-corrected chi connectivity index (χ3v) is 12.9. The van der Waals surface area contributed by atoms with Crippen LogP contribution >= 0.6 is 0 Å². The molecule has 0 aromatic heterocycles. The molecule has 6 heteroatoms. The lowest BCUT2D eigenvalue weighted by atomic mass is 9.35. The van der Waals surface area contributed by atoms with Crippen molar-refractivity contribution in [3.05, 3.63) is 11.6 Å². The molecule has 0 spiro atoms. The maximum atomic E-state index is 13.3. The standard InChI is InChI=1S/C33H50N2O4/c1-28(2)12-10-22-23(35-38)18-25-31(6)19-21(20-34)26(36)29(3,4)24(31)11-13-33(25,8)32(22,7)17-16-30(5,15-14-28)27(37)39-9/h19,22,24-25,38H,10-18H2,1-9H3/t22?,24-,25+,30-,31-,32+,33+/m0/s1. The number of esters is 1. The van der Waals surface area contributed by atoms with Gasteiger partial charge in [0.25, 0.3) is 0 Å². The van der Waals surface area contributed by atoms with E-state index in [1.165, 1.54) is 7.11 Å². The highest BCUT2D eigenvalue weighted by Gasteiger charge is 2.68. The molecule has 3 fully saturated rings. The van der Waals surface area contributed by atoms with Gasteiger partial charge in [-0.25, -0.2) is 0 Å². The van der Waals surface area contributed by atoms with Crippen LogP contribution in [0.15, 0.2) is 16.8 Å². The molecule has 0 bridgehead atoms. The smallest absolute Gasteiger partial charge is 0.311 e. The fourth-order valence-electron chi connectivity index (χ4n) is 9.85. The Morgan fingerprint density at radius 3 is 2.18 bits per heavy atom. The number of carbonyl (C=O) groups is 2. The fourth-order valence-corrected chi connectivity index (χ4v) is 9.85. The van der Waals surface area contributed by atoms with Gasteiger partial charge in [0, 0.05) is 11.3 Å². The maximum absolute atomic E-state index is 13.3. The number of fused-ring (bicyclic) bond motifs is 5. The van der Waals surface area contributed by atoms with Gasteiger partial charge in [-0.15, -0.1) is 0 Å². The topological polar surface area (TPSA) is 99.8 Å². The minimum absolute atomic E-state index is 0.0493. The fraction of sp³-hybridized carbons (Fsp3) is 0.818. The Kier molecular flexibility index (Phi) is 7.23. The van der Waals surface area contributed by atoms with Gasteiger partial charge in [-0.3, -0.25) is 9.59 Å². The van der Waals surface area contributed by atoms with Gasteiger partial charge in [-0.05, 0) is 98.2 Å². The van der Waals surface area contributed by atoms with Crippen LogP contribution in [-0.4, -0.2) is 29.8 Å². The molecule has 1 unspecified atom stereocenters. The van der Waals surface area contributed by atoms with Gasteiger partial charge in [0.2, 0.25) is 0 Å². The van der Waals surface area contributed by atoms with E-state index in [0.717, 1.165) is 50.7 Å². The van der Waals surface area contributed by atoms with Crippen LogP contribution in [-0.2, 0) is 14.3 Å². The first-order chi connectivity index (χ1) is 18.0. The van der Waals surface area contributed by atoms with E-state index in [9.17, 15) is 20.1 Å². The Balaban J connectivity index is 1.89. The normalized spacial score (nSPS) is 44.6. The molecule has 0 aromatic rings. The first-order valence-electron chi connectivity index (χ1n) is 14.9. The quantitative estimate of drug-likeness (QED) is 0.212. The number of methoxy groups -OCH3 is 1. The molecule has 1 N–H and O–H groups in total. The van der Waals surface area contributed by atoms with Crippen LogP contribution in [0.5, 0.6) is 0 Å². The minimum Gasteiger partial charge on any atom is -0.469 e.